The Kier molecular flexibility index (Phi) is 2.98. The second-order valence-electron chi connectivity index (χ2n) is 2.50. The van der Waals surface area contributed by atoms with Crippen molar-refractivity contribution in [2.24, 2.45) is 5.73 Å². The van der Waals surface area contributed by atoms with E-state index in [-0.39, 0.29) is 5.82 Å². The number of halogens is 1. The van der Waals surface area contributed by atoms with E-state index in [0.717, 1.165) is 6.42 Å². The molecule has 1 aromatic heterocycles. The Balaban J connectivity index is 2.52. The molecule has 5 nitrogen and oxygen atoms in total. The summed E-state index contributed by atoms with van der Waals surface area (Å²) in [6, 6.07) is 0. The zero-order valence-corrected chi connectivity index (χ0v) is 6.92. The fraction of sp³-hybridized carbons (Fsp3) is 0.667. The summed E-state index contributed by atoms with van der Waals surface area (Å²) in [7, 11) is 1.75. The molecule has 1 heterocycles. The van der Waals surface area contributed by atoms with Crippen molar-refractivity contribution >= 4 is 5.82 Å². The summed E-state index contributed by atoms with van der Waals surface area (Å²) in [5.41, 5.74) is 5.30. The lowest BCUT2D eigenvalue weighted by molar-refractivity contribution is 0.575. The number of rotatable bonds is 4. The minimum absolute atomic E-state index is 0.239. The molecule has 0 aromatic carbocycles. The predicted octanol–water partition coefficient (Wildman–Crippen LogP) is -0.271. The second kappa shape index (κ2) is 4.01. The quantitative estimate of drug-likeness (QED) is 0.657. The van der Waals surface area contributed by atoms with Crippen LogP contribution < -0.4 is 10.6 Å². The fourth-order valence-corrected chi connectivity index (χ4v) is 0.890. The van der Waals surface area contributed by atoms with Gasteiger partial charge in [0.2, 0.25) is 5.82 Å². The average molecular weight is 173 g/mol. The van der Waals surface area contributed by atoms with E-state index >= 15 is 0 Å². The average Bonchev–Trinajstić information content (AvgIpc) is 2.47. The Morgan fingerprint density at radius 2 is 2.33 bits per heavy atom. The van der Waals surface area contributed by atoms with E-state index in [0.29, 0.717) is 13.1 Å². The van der Waals surface area contributed by atoms with E-state index < -0.39 is 5.95 Å². The third-order valence-corrected chi connectivity index (χ3v) is 1.55. The molecule has 0 aliphatic carbocycles. The molecule has 0 aliphatic rings. The number of nitrogens with zero attached hydrogens (tertiary/aromatic N) is 3. The van der Waals surface area contributed by atoms with Gasteiger partial charge in [0.05, 0.1) is 0 Å². The van der Waals surface area contributed by atoms with E-state index in [9.17, 15) is 4.39 Å². The van der Waals surface area contributed by atoms with Crippen molar-refractivity contribution in [2.75, 3.05) is 25.0 Å². The molecule has 68 valence electrons. The number of nitrogens with two attached hydrogens (primary N) is 1. The highest BCUT2D eigenvalue weighted by Gasteiger charge is 2.10. The van der Waals surface area contributed by atoms with Gasteiger partial charge in [-0.3, -0.25) is 0 Å². The molecule has 12 heavy (non-hydrogen) atoms. The molecule has 0 bridgehead atoms. The van der Waals surface area contributed by atoms with Gasteiger partial charge in [0.15, 0.2) is 0 Å². The van der Waals surface area contributed by atoms with Crippen LogP contribution in [0, 0.1) is 5.95 Å². The van der Waals surface area contributed by atoms with Gasteiger partial charge in [0.25, 0.3) is 5.95 Å². The van der Waals surface area contributed by atoms with Crippen LogP contribution in [-0.2, 0) is 0 Å². The zero-order chi connectivity index (χ0) is 8.97. The Hall–Kier alpha value is -1.17. The highest BCUT2D eigenvalue weighted by molar-refractivity contribution is 5.33. The lowest BCUT2D eigenvalue weighted by Crippen LogP contribution is -2.22. The van der Waals surface area contributed by atoms with Crippen LogP contribution in [0.25, 0.3) is 0 Å². The maximum Gasteiger partial charge on any atom is 0.276 e. The van der Waals surface area contributed by atoms with Crippen LogP contribution in [0.3, 0.4) is 0 Å². The molecule has 0 atom stereocenters. The molecule has 0 saturated heterocycles. The fourth-order valence-electron chi connectivity index (χ4n) is 0.890. The molecule has 6 heteroatoms. The maximum absolute atomic E-state index is 12.7. The number of aromatic amines is 1. The van der Waals surface area contributed by atoms with E-state index in [1.54, 1.807) is 11.9 Å². The highest BCUT2D eigenvalue weighted by Crippen LogP contribution is 2.09. The van der Waals surface area contributed by atoms with E-state index in [1.165, 1.54) is 0 Å². The number of anilines is 1. The number of hydrogen-bond acceptors (Lipinski definition) is 4. The van der Waals surface area contributed by atoms with Gasteiger partial charge >= 0.3 is 0 Å². The number of H-pyrrole nitrogens is 1. The number of nitrogens with one attached hydrogen (secondary N) is 1. The van der Waals surface area contributed by atoms with Crippen molar-refractivity contribution < 1.29 is 4.39 Å². The minimum Gasteiger partial charge on any atom is -0.354 e. The van der Waals surface area contributed by atoms with Crippen LogP contribution in [0.15, 0.2) is 0 Å². The van der Waals surface area contributed by atoms with Crippen LogP contribution in [-0.4, -0.2) is 35.5 Å². The van der Waals surface area contributed by atoms with Crippen LogP contribution in [0.2, 0.25) is 0 Å². The smallest absolute Gasteiger partial charge is 0.276 e. The Morgan fingerprint density at radius 1 is 1.58 bits per heavy atom. The summed E-state index contributed by atoms with van der Waals surface area (Å²) in [4.78, 5) is 1.67. The third kappa shape index (κ3) is 1.91. The molecule has 3 N–H and O–H groups in total. The first kappa shape index (κ1) is 8.92. The number of aromatic nitrogens is 3. The largest absolute Gasteiger partial charge is 0.354 e. The SMILES string of the molecule is CN(CCCN)c1n[nH]nc1F. The summed E-state index contributed by atoms with van der Waals surface area (Å²) in [6.45, 7) is 1.27. The van der Waals surface area contributed by atoms with Gasteiger partial charge in [-0.1, -0.05) is 0 Å². The Bertz CT molecular complexity index is 236. The first-order valence-corrected chi connectivity index (χ1v) is 3.73. The zero-order valence-electron chi connectivity index (χ0n) is 6.92. The summed E-state index contributed by atoms with van der Waals surface area (Å²) in [5, 5.41) is 9.12. The lowest BCUT2D eigenvalue weighted by atomic mass is 10.4. The first-order valence-electron chi connectivity index (χ1n) is 3.73. The van der Waals surface area contributed by atoms with Crippen molar-refractivity contribution in [2.45, 2.75) is 6.42 Å². The minimum atomic E-state index is -0.575. The topological polar surface area (TPSA) is 70.8 Å². The van der Waals surface area contributed by atoms with E-state index in [4.69, 9.17) is 5.73 Å². The maximum atomic E-state index is 12.7. The molecule has 1 aromatic rings. The molecule has 0 saturated carbocycles. The summed E-state index contributed by atoms with van der Waals surface area (Å²) in [5.74, 6) is -0.335. The van der Waals surface area contributed by atoms with Crippen molar-refractivity contribution in [3.05, 3.63) is 5.95 Å². The summed E-state index contributed by atoms with van der Waals surface area (Å²) >= 11 is 0. The van der Waals surface area contributed by atoms with Gasteiger partial charge in [-0.05, 0) is 13.0 Å². The molecular formula is C6H12FN5. The van der Waals surface area contributed by atoms with Gasteiger partial charge in [-0.25, -0.2) is 0 Å². The van der Waals surface area contributed by atoms with Crippen LogP contribution in [0.4, 0.5) is 10.2 Å². The highest BCUT2D eigenvalue weighted by atomic mass is 19.1. The molecule has 0 unspecified atom stereocenters. The third-order valence-electron chi connectivity index (χ3n) is 1.55. The van der Waals surface area contributed by atoms with Gasteiger partial charge < -0.3 is 10.6 Å². The van der Waals surface area contributed by atoms with Crippen LogP contribution in [0.5, 0.6) is 0 Å². The van der Waals surface area contributed by atoms with Crippen molar-refractivity contribution in [3.8, 4) is 0 Å². The standard InChI is InChI=1S/C6H12FN5/c1-12(4-2-3-8)6-5(7)9-11-10-6/h2-4,8H2,1H3,(H,9,10,11). The molecule has 0 fully saturated rings. The van der Waals surface area contributed by atoms with Gasteiger partial charge in [0.1, 0.15) is 0 Å². The number of hydrogen-bond donors (Lipinski definition) is 2. The lowest BCUT2D eigenvalue weighted by Gasteiger charge is -2.13. The monoisotopic (exact) mass is 173 g/mol. The Morgan fingerprint density at radius 3 is 2.83 bits per heavy atom. The van der Waals surface area contributed by atoms with Gasteiger partial charge in [-0.15, -0.1) is 10.2 Å². The van der Waals surface area contributed by atoms with E-state index in [1.807, 2.05) is 0 Å². The normalized spacial score (nSPS) is 10.2. The van der Waals surface area contributed by atoms with Crippen molar-refractivity contribution in [1.82, 2.24) is 15.4 Å². The molecule has 0 amide bonds. The van der Waals surface area contributed by atoms with Crippen molar-refractivity contribution in [3.63, 3.8) is 0 Å². The van der Waals surface area contributed by atoms with Gasteiger partial charge in [0, 0.05) is 13.6 Å². The molecule has 0 spiro atoms. The van der Waals surface area contributed by atoms with Gasteiger partial charge in [-0.2, -0.15) is 9.60 Å². The van der Waals surface area contributed by atoms with E-state index in [2.05, 4.69) is 15.4 Å². The molecule has 1 rings (SSSR count). The van der Waals surface area contributed by atoms with Crippen molar-refractivity contribution in [1.29, 1.82) is 0 Å². The molecular weight excluding hydrogens is 161 g/mol. The van der Waals surface area contributed by atoms with Crippen LogP contribution >= 0.6 is 0 Å². The summed E-state index contributed by atoms with van der Waals surface area (Å²) in [6.07, 6.45) is 0.808. The molecule has 0 radical (unpaired) electrons. The van der Waals surface area contributed by atoms with Crippen LogP contribution in [0.1, 0.15) is 6.42 Å². The second-order valence-corrected chi connectivity index (χ2v) is 2.50. The molecule has 0 aliphatic heterocycles. The predicted molar refractivity (Wildman–Crippen MR) is 43.3 cm³/mol. The Labute approximate surface area is 69.7 Å². The summed E-state index contributed by atoms with van der Waals surface area (Å²) < 4.78 is 12.7. The first-order chi connectivity index (χ1) is 5.75.